The van der Waals surface area contributed by atoms with E-state index in [1.807, 2.05) is 19.9 Å². The summed E-state index contributed by atoms with van der Waals surface area (Å²) in [6.07, 6.45) is 2.75. The maximum absolute atomic E-state index is 12.0. The molecule has 2 rings (SSSR count). The van der Waals surface area contributed by atoms with Crippen molar-refractivity contribution < 1.29 is 9.53 Å². The lowest BCUT2D eigenvalue weighted by Crippen LogP contribution is -2.33. The van der Waals surface area contributed by atoms with E-state index in [1.54, 1.807) is 0 Å². The molecular formula is C16H23BrN2O2. The van der Waals surface area contributed by atoms with Gasteiger partial charge in [-0.15, -0.1) is 0 Å². The Morgan fingerprint density at radius 2 is 2.10 bits per heavy atom. The van der Waals surface area contributed by atoms with E-state index in [0.29, 0.717) is 19.1 Å². The molecule has 0 bridgehead atoms. The van der Waals surface area contributed by atoms with Crippen LogP contribution in [0.2, 0.25) is 0 Å². The van der Waals surface area contributed by atoms with Crippen LogP contribution in [0.1, 0.15) is 30.4 Å². The molecule has 0 unspecified atom stereocenters. The van der Waals surface area contributed by atoms with Gasteiger partial charge in [-0.3, -0.25) is 4.79 Å². The molecule has 0 spiro atoms. The van der Waals surface area contributed by atoms with Gasteiger partial charge in [0, 0.05) is 4.47 Å². The van der Waals surface area contributed by atoms with Crippen molar-refractivity contribution in [1.82, 2.24) is 5.32 Å². The monoisotopic (exact) mass is 354 g/mol. The van der Waals surface area contributed by atoms with Crippen LogP contribution in [-0.4, -0.2) is 31.7 Å². The van der Waals surface area contributed by atoms with Gasteiger partial charge in [0.2, 0.25) is 5.91 Å². The zero-order valence-electron chi connectivity index (χ0n) is 12.7. The largest absolute Gasteiger partial charge is 0.378 e. The standard InChI is InChI=1S/C16H23BrN2O2/c1-11-9-12(2)16(14(17)10-11)19-15(20)5-8-21-13-3-6-18-7-4-13/h9-10,13,18H,3-8H2,1-2H3,(H,19,20). The summed E-state index contributed by atoms with van der Waals surface area (Å²) in [5.41, 5.74) is 3.09. The first-order chi connectivity index (χ1) is 10.1. The lowest BCUT2D eigenvalue weighted by atomic mass is 10.1. The first kappa shape index (κ1) is 16.5. The molecule has 1 aromatic rings. The number of halogens is 1. The molecule has 0 radical (unpaired) electrons. The summed E-state index contributed by atoms with van der Waals surface area (Å²) in [6.45, 7) is 6.53. The van der Waals surface area contributed by atoms with Gasteiger partial charge >= 0.3 is 0 Å². The predicted octanol–water partition coefficient (Wildman–Crippen LogP) is 3.16. The number of aryl methyl sites for hydroxylation is 2. The van der Waals surface area contributed by atoms with Crippen molar-refractivity contribution >= 4 is 27.5 Å². The third kappa shape index (κ3) is 5.09. The Balaban J connectivity index is 1.79. The van der Waals surface area contributed by atoms with E-state index in [0.717, 1.165) is 41.7 Å². The lowest BCUT2D eigenvalue weighted by molar-refractivity contribution is -0.117. The van der Waals surface area contributed by atoms with Gasteiger partial charge in [-0.2, -0.15) is 0 Å². The van der Waals surface area contributed by atoms with Gasteiger partial charge in [0.15, 0.2) is 0 Å². The highest BCUT2D eigenvalue weighted by Crippen LogP contribution is 2.27. The minimum Gasteiger partial charge on any atom is -0.378 e. The minimum atomic E-state index is -0.00316. The average Bonchev–Trinajstić information content (AvgIpc) is 2.44. The van der Waals surface area contributed by atoms with E-state index in [1.165, 1.54) is 5.56 Å². The molecule has 0 atom stereocenters. The summed E-state index contributed by atoms with van der Waals surface area (Å²) >= 11 is 3.50. The molecular weight excluding hydrogens is 332 g/mol. The van der Waals surface area contributed by atoms with E-state index < -0.39 is 0 Å². The second kappa shape index (κ2) is 7.92. The number of carbonyl (C=O) groups is 1. The first-order valence-electron chi connectivity index (χ1n) is 7.45. The van der Waals surface area contributed by atoms with Crippen molar-refractivity contribution in [2.45, 2.75) is 39.2 Å². The van der Waals surface area contributed by atoms with Crippen molar-refractivity contribution in [3.05, 3.63) is 27.7 Å². The average molecular weight is 355 g/mol. The molecule has 1 aliphatic rings. The summed E-state index contributed by atoms with van der Waals surface area (Å²) in [4.78, 5) is 12.0. The Morgan fingerprint density at radius 3 is 2.76 bits per heavy atom. The fraction of sp³-hybridized carbons (Fsp3) is 0.562. The zero-order chi connectivity index (χ0) is 15.2. The molecule has 116 valence electrons. The second-order valence-electron chi connectivity index (χ2n) is 5.56. The van der Waals surface area contributed by atoms with Gasteiger partial charge in [-0.1, -0.05) is 6.07 Å². The van der Waals surface area contributed by atoms with Crippen molar-refractivity contribution in [2.75, 3.05) is 25.0 Å². The van der Waals surface area contributed by atoms with E-state index >= 15 is 0 Å². The summed E-state index contributed by atoms with van der Waals surface area (Å²) in [6, 6.07) is 4.07. The van der Waals surface area contributed by atoms with Crippen LogP contribution >= 0.6 is 15.9 Å². The molecule has 0 aliphatic carbocycles. The molecule has 1 saturated heterocycles. The molecule has 1 heterocycles. The zero-order valence-corrected chi connectivity index (χ0v) is 14.3. The summed E-state index contributed by atoms with van der Waals surface area (Å²) in [5, 5.41) is 6.26. The Hall–Kier alpha value is -0.910. The van der Waals surface area contributed by atoms with Crippen LogP contribution < -0.4 is 10.6 Å². The van der Waals surface area contributed by atoms with Gasteiger partial charge in [0.1, 0.15) is 0 Å². The van der Waals surface area contributed by atoms with E-state index in [4.69, 9.17) is 4.74 Å². The molecule has 2 N–H and O–H groups in total. The normalized spacial score (nSPS) is 16.0. The number of carbonyl (C=O) groups excluding carboxylic acids is 1. The third-order valence-corrected chi connectivity index (χ3v) is 4.29. The summed E-state index contributed by atoms with van der Waals surface area (Å²) in [7, 11) is 0. The first-order valence-corrected chi connectivity index (χ1v) is 8.24. The Morgan fingerprint density at radius 1 is 1.38 bits per heavy atom. The van der Waals surface area contributed by atoms with Crippen LogP contribution in [0.4, 0.5) is 5.69 Å². The second-order valence-corrected chi connectivity index (χ2v) is 6.41. The van der Waals surface area contributed by atoms with E-state index in [-0.39, 0.29) is 5.91 Å². The Kier molecular flexibility index (Phi) is 6.21. The Labute approximate surface area is 134 Å². The quantitative estimate of drug-likeness (QED) is 0.853. The highest BCUT2D eigenvalue weighted by atomic mass is 79.9. The molecule has 1 aliphatic heterocycles. The van der Waals surface area contributed by atoms with Gasteiger partial charge in [0.05, 0.1) is 24.8 Å². The van der Waals surface area contributed by atoms with Crippen LogP contribution in [0.15, 0.2) is 16.6 Å². The predicted molar refractivity (Wildman–Crippen MR) is 88.7 cm³/mol. The molecule has 0 saturated carbocycles. The summed E-state index contributed by atoms with van der Waals surface area (Å²) < 4.78 is 6.68. The fourth-order valence-corrected chi connectivity index (χ4v) is 3.33. The van der Waals surface area contributed by atoms with E-state index in [9.17, 15) is 4.79 Å². The van der Waals surface area contributed by atoms with Gasteiger partial charge < -0.3 is 15.4 Å². The van der Waals surface area contributed by atoms with Gasteiger partial charge in [0.25, 0.3) is 0 Å². The maximum atomic E-state index is 12.0. The number of amides is 1. The third-order valence-electron chi connectivity index (χ3n) is 3.67. The van der Waals surface area contributed by atoms with E-state index in [2.05, 4.69) is 32.6 Å². The Bertz CT molecular complexity index is 476. The van der Waals surface area contributed by atoms with Crippen LogP contribution in [0.3, 0.4) is 0 Å². The SMILES string of the molecule is Cc1cc(C)c(NC(=O)CCOC2CCNCC2)c(Br)c1. The highest BCUT2D eigenvalue weighted by molar-refractivity contribution is 9.10. The fourth-order valence-electron chi connectivity index (χ4n) is 2.56. The summed E-state index contributed by atoms with van der Waals surface area (Å²) in [5.74, 6) is -0.00316. The lowest BCUT2D eigenvalue weighted by Gasteiger charge is -2.22. The topological polar surface area (TPSA) is 50.4 Å². The van der Waals surface area contributed by atoms with Gasteiger partial charge in [-0.25, -0.2) is 0 Å². The number of hydrogen-bond acceptors (Lipinski definition) is 3. The molecule has 21 heavy (non-hydrogen) atoms. The molecule has 4 nitrogen and oxygen atoms in total. The minimum absolute atomic E-state index is 0.00316. The number of piperidine rings is 1. The molecule has 1 fully saturated rings. The van der Waals surface area contributed by atoms with Crippen molar-refractivity contribution in [3.63, 3.8) is 0 Å². The molecule has 1 amide bonds. The van der Waals surface area contributed by atoms with Crippen LogP contribution in [0.25, 0.3) is 0 Å². The van der Waals surface area contributed by atoms with Crippen molar-refractivity contribution in [3.8, 4) is 0 Å². The highest BCUT2D eigenvalue weighted by Gasteiger charge is 2.14. The number of anilines is 1. The smallest absolute Gasteiger partial charge is 0.226 e. The number of rotatable bonds is 5. The molecule has 1 aromatic carbocycles. The molecule has 5 heteroatoms. The molecule has 0 aromatic heterocycles. The maximum Gasteiger partial charge on any atom is 0.226 e. The van der Waals surface area contributed by atoms with Crippen LogP contribution in [-0.2, 0) is 9.53 Å². The van der Waals surface area contributed by atoms with Crippen molar-refractivity contribution in [1.29, 1.82) is 0 Å². The number of nitrogens with one attached hydrogen (secondary N) is 2. The van der Waals surface area contributed by atoms with Crippen molar-refractivity contribution in [2.24, 2.45) is 0 Å². The van der Waals surface area contributed by atoms with Gasteiger partial charge in [-0.05, 0) is 72.9 Å². The van der Waals surface area contributed by atoms with Crippen LogP contribution in [0.5, 0.6) is 0 Å². The number of benzene rings is 1. The number of ether oxygens (including phenoxy) is 1. The van der Waals surface area contributed by atoms with Crippen LogP contribution in [0, 0.1) is 13.8 Å². The number of hydrogen-bond donors (Lipinski definition) is 2.